The summed E-state index contributed by atoms with van der Waals surface area (Å²) in [6.45, 7) is 0.428. The summed E-state index contributed by atoms with van der Waals surface area (Å²) < 4.78 is 5.65. The van der Waals surface area contributed by atoms with Crippen molar-refractivity contribution in [1.82, 2.24) is 0 Å². The molecule has 0 radical (unpaired) electrons. The number of aliphatic carboxylic acids is 1. The van der Waals surface area contributed by atoms with E-state index in [0.29, 0.717) is 18.0 Å². The number of rotatable bonds is 6. The molecule has 0 heterocycles. The molecular formula is C17H15NO4. The third-order valence-electron chi connectivity index (χ3n) is 2.73. The number of carbonyl (C=O) groups excluding carboxylic acids is 1. The molecule has 112 valence electrons. The fraction of sp³-hybridized carbons (Fsp3) is 0.0588. The van der Waals surface area contributed by atoms with Gasteiger partial charge in [-0.05, 0) is 17.7 Å². The Bertz CT molecular complexity index is 680. The molecule has 0 aliphatic carbocycles. The Morgan fingerprint density at radius 3 is 2.55 bits per heavy atom. The average Bonchev–Trinajstić information content (AvgIpc) is 2.52. The number of hydrogen-bond donors (Lipinski definition) is 2. The van der Waals surface area contributed by atoms with Gasteiger partial charge in [0, 0.05) is 23.9 Å². The van der Waals surface area contributed by atoms with Crippen LogP contribution in [0.4, 0.5) is 5.69 Å². The van der Waals surface area contributed by atoms with Gasteiger partial charge < -0.3 is 15.2 Å². The minimum atomic E-state index is -1.17. The molecule has 0 bridgehead atoms. The van der Waals surface area contributed by atoms with Gasteiger partial charge in [-0.3, -0.25) is 4.79 Å². The number of benzene rings is 2. The summed E-state index contributed by atoms with van der Waals surface area (Å²) in [6, 6.07) is 16.6. The molecule has 0 fully saturated rings. The quantitative estimate of drug-likeness (QED) is 0.804. The van der Waals surface area contributed by atoms with Crippen LogP contribution in [0.25, 0.3) is 0 Å². The molecule has 2 rings (SSSR count). The Labute approximate surface area is 127 Å². The first kappa shape index (κ1) is 15.3. The molecule has 0 aliphatic rings. The smallest absolute Gasteiger partial charge is 0.328 e. The van der Waals surface area contributed by atoms with Crippen LogP contribution < -0.4 is 10.1 Å². The van der Waals surface area contributed by atoms with Gasteiger partial charge in [-0.1, -0.05) is 36.4 Å². The SMILES string of the molecule is O=C(O)/C=C/C(=O)Nc1cccc(OCc2ccccc2)c1. The van der Waals surface area contributed by atoms with Crippen LogP contribution in [0.1, 0.15) is 5.56 Å². The predicted molar refractivity (Wildman–Crippen MR) is 82.6 cm³/mol. The number of amides is 1. The lowest BCUT2D eigenvalue weighted by Gasteiger charge is -2.08. The summed E-state index contributed by atoms with van der Waals surface area (Å²) in [5.74, 6) is -1.07. The third-order valence-corrected chi connectivity index (χ3v) is 2.73. The molecule has 2 aromatic rings. The summed E-state index contributed by atoms with van der Waals surface area (Å²) in [5.41, 5.74) is 1.58. The first-order valence-electron chi connectivity index (χ1n) is 6.62. The van der Waals surface area contributed by atoms with Crippen molar-refractivity contribution in [2.75, 3.05) is 5.32 Å². The van der Waals surface area contributed by atoms with Crippen molar-refractivity contribution in [2.24, 2.45) is 0 Å². The number of nitrogens with one attached hydrogen (secondary N) is 1. The highest BCUT2D eigenvalue weighted by atomic mass is 16.5. The van der Waals surface area contributed by atoms with Gasteiger partial charge in [0.1, 0.15) is 12.4 Å². The molecule has 0 saturated heterocycles. The third kappa shape index (κ3) is 5.13. The summed E-state index contributed by atoms with van der Waals surface area (Å²) >= 11 is 0. The molecule has 5 nitrogen and oxygen atoms in total. The largest absolute Gasteiger partial charge is 0.489 e. The zero-order chi connectivity index (χ0) is 15.8. The number of carboxylic acid groups (broad SMARTS) is 1. The lowest BCUT2D eigenvalue weighted by molar-refractivity contribution is -0.131. The average molecular weight is 297 g/mol. The van der Waals surface area contributed by atoms with Gasteiger partial charge in [-0.25, -0.2) is 4.79 Å². The van der Waals surface area contributed by atoms with Crippen molar-refractivity contribution in [3.05, 3.63) is 72.3 Å². The Morgan fingerprint density at radius 1 is 1.05 bits per heavy atom. The van der Waals surface area contributed by atoms with Crippen LogP contribution in [0.15, 0.2) is 66.7 Å². The monoisotopic (exact) mass is 297 g/mol. The Morgan fingerprint density at radius 2 is 1.82 bits per heavy atom. The number of anilines is 1. The van der Waals surface area contributed by atoms with Crippen LogP contribution >= 0.6 is 0 Å². The molecule has 0 aromatic heterocycles. The van der Waals surface area contributed by atoms with Crippen LogP contribution in [-0.4, -0.2) is 17.0 Å². The highest BCUT2D eigenvalue weighted by molar-refractivity contribution is 6.02. The molecule has 0 aliphatic heterocycles. The second-order valence-corrected chi connectivity index (χ2v) is 4.46. The molecule has 1 amide bonds. The van der Waals surface area contributed by atoms with Crippen LogP contribution in [0, 0.1) is 0 Å². The van der Waals surface area contributed by atoms with Gasteiger partial charge in [0.05, 0.1) is 0 Å². The van der Waals surface area contributed by atoms with Gasteiger partial charge in [0.25, 0.3) is 0 Å². The predicted octanol–water partition coefficient (Wildman–Crippen LogP) is 2.84. The van der Waals surface area contributed by atoms with Gasteiger partial charge in [-0.2, -0.15) is 0 Å². The normalized spacial score (nSPS) is 10.4. The second kappa shape index (κ2) is 7.64. The number of carboxylic acids is 1. The maximum atomic E-state index is 11.5. The lowest BCUT2D eigenvalue weighted by atomic mass is 10.2. The van der Waals surface area contributed by atoms with Gasteiger partial charge in [0.2, 0.25) is 5.91 Å². The van der Waals surface area contributed by atoms with E-state index in [9.17, 15) is 9.59 Å². The molecule has 0 spiro atoms. The van der Waals surface area contributed by atoms with Crippen LogP contribution in [0.2, 0.25) is 0 Å². The Balaban J connectivity index is 1.95. The summed E-state index contributed by atoms with van der Waals surface area (Å²) in [4.78, 5) is 21.8. The van der Waals surface area contributed by atoms with Gasteiger partial charge in [0.15, 0.2) is 0 Å². The highest BCUT2D eigenvalue weighted by Crippen LogP contribution is 2.18. The van der Waals surface area contributed by atoms with E-state index in [4.69, 9.17) is 9.84 Å². The molecule has 22 heavy (non-hydrogen) atoms. The molecular weight excluding hydrogens is 282 g/mol. The molecule has 0 saturated carbocycles. The molecule has 2 N–H and O–H groups in total. The van der Waals surface area contributed by atoms with Crippen LogP contribution in [-0.2, 0) is 16.2 Å². The van der Waals surface area contributed by atoms with Crippen LogP contribution in [0.5, 0.6) is 5.75 Å². The van der Waals surface area contributed by atoms with Gasteiger partial charge in [-0.15, -0.1) is 0 Å². The van der Waals surface area contributed by atoms with E-state index in [2.05, 4.69) is 5.32 Å². The van der Waals surface area contributed by atoms with E-state index in [0.717, 1.165) is 17.7 Å². The standard InChI is InChI=1S/C17H15NO4/c19-16(9-10-17(20)21)18-14-7-4-8-15(11-14)22-12-13-5-2-1-3-6-13/h1-11H,12H2,(H,18,19)(H,20,21)/b10-9+. The van der Waals surface area contributed by atoms with E-state index < -0.39 is 11.9 Å². The summed E-state index contributed by atoms with van der Waals surface area (Å²) in [6.07, 6.45) is 1.74. The second-order valence-electron chi connectivity index (χ2n) is 4.46. The maximum Gasteiger partial charge on any atom is 0.328 e. The zero-order valence-corrected chi connectivity index (χ0v) is 11.7. The van der Waals surface area contributed by atoms with E-state index in [1.165, 1.54) is 0 Å². The lowest BCUT2D eigenvalue weighted by Crippen LogP contribution is -2.08. The van der Waals surface area contributed by atoms with Crippen molar-refractivity contribution in [1.29, 1.82) is 0 Å². The number of carbonyl (C=O) groups is 2. The fourth-order valence-corrected chi connectivity index (χ4v) is 1.74. The molecule has 0 atom stereocenters. The fourth-order valence-electron chi connectivity index (χ4n) is 1.74. The molecule has 5 heteroatoms. The van der Waals surface area contributed by atoms with E-state index >= 15 is 0 Å². The number of hydrogen-bond acceptors (Lipinski definition) is 3. The first-order chi connectivity index (χ1) is 10.6. The summed E-state index contributed by atoms with van der Waals surface area (Å²) in [5, 5.41) is 11.0. The molecule has 2 aromatic carbocycles. The minimum Gasteiger partial charge on any atom is -0.489 e. The summed E-state index contributed by atoms with van der Waals surface area (Å²) in [7, 11) is 0. The first-order valence-corrected chi connectivity index (χ1v) is 6.62. The molecule has 0 unspecified atom stereocenters. The van der Waals surface area contributed by atoms with Crippen molar-refractivity contribution in [3.63, 3.8) is 0 Å². The van der Waals surface area contributed by atoms with Crippen molar-refractivity contribution in [3.8, 4) is 5.75 Å². The highest BCUT2D eigenvalue weighted by Gasteiger charge is 2.01. The Kier molecular flexibility index (Phi) is 5.31. The van der Waals surface area contributed by atoms with Crippen molar-refractivity contribution < 1.29 is 19.4 Å². The van der Waals surface area contributed by atoms with Crippen molar-refractivity contribution in [2.45, 2.75) is 6.61 Å². The minimum absolute atomic E-state index is 0.428. The van der Waals surface area contributed by atoms with Crippen molar-refractivity contribution >= 4 is 17.6 Å². The van der Waals surface area contributed by atoms with Crippen LogP contribution in [0.3, 0.4) is 0 Å². The van der Waals surface area contributed by atoms with Gasteiger partial charge >= 0.3 is 5.97 Å². The zero-order valence-electron chi connectivity index (χ0n) is 11.7. The van der Waals surface area contributed by atoms with E-state index in [1.54, 1.807) is 24.3 Å². The Hall–Kier alpha value is -3.08. The number of ether oxygens (including phenoxy) is 1. The van der Waals surface area contributed by atoms with E-state index in [1.807, 2.05) is 30.3 Å². The topological polar surface area (TPSA) is 75.6 Å². The van der Waals surface area contributed by atoms with E-state index in [-0.39, 0.29) is 0 Å². The maximum absolute atomic E-state index is 11.5.